The lowest BCUT2D eigenvalue weighted by molar-refractivity contribution is -0.133. The van der Waals surface area contributed by atoms with Crippen molar-refractivity contribution in [3.05, 3.63) is 53.1 Å². The van der Waals surface area contributed by atoms with Gasteiger partial charge in [0.2, 0.25) is 0 Å². The molecule has 1 heterocycles. The molecule has 2 rings (SSSR count). The number of methoxy groups -OCH3 is 1. The monoisotopic (exact) mass is 349 g/mol. The number of hydrogen-bond donors (Lipinski definition) is 1. The third-order valence-electron chi connectivity index (χ3n) is 3.46. The molecule has 0 bridgehead atoms. The van der Waals surface area contributed by atoms with E-state index in [1.807, 2.05) is 32.0 Å². The zero-order chi connectivity index (χ0) is 17.0. The Balaban J connectivity index is 2.19. The number of carbonyl (C=O) groups is 1. The summed E-state index contributed by atoms with van der Waals surface area (Å²) in [5.41, 5.74) is 1.50. The van der Waals surface area contributed by atoms with Crippen LogP contribution in [0.25, 0.3) is 5.57 Å². The van der Waals surface area contributed by atoms with Gasteiger partial charge in [0.05, 0.1) is 18.9 Å². The Morgan fingerprint density at radius 3 is 2.74 bits per heavy atom. The Kier molecular flexibility index (Phi) is 5.59. The van der Waals surface area contributed by atoms with Crippen LogP contribution < -0.4 is 0 Å². The van der Waals surface area contributed by atoms with Crippen LogP contribution in [0.2, 0.25) is 0 Å². The molecule has 0 atom stereocenters. The largest absolute Gasteiger partial charge is 0.515 e. The molecule has 0 spiro atoms. The fraction of sp³-hybridized carbons (Fsp3) is 0.294. The Morgan fingerprint density at radius 1 is 1.48 bits per heavy atom. The molecular weight excluding hydrogens is 330 g/mol. The number of carbonyl (C=O) groups excluding carboxylic acids is 1. The second kappa shape index (κ2) is 7.27. The van der Waals surface area contributed by atoms with Crippen molar-refractivity contribution in [2.75, 3.05) is 7.11 Å². The van der Waals surface area contributed by atoms with E-state index in [1.165, 1.54) is 7.11 Å². The topological polar surface area (TPSA) is 58.9 Å². The van der Waals surface area contributed by atoms with Crippen LogP contribution in [0.1, 0.15) is 25.0 Å². The van der Waals surface area contributed by atoms with Crippen molar-refractivity contribution in [1.82, 2.24) is 0 Å². The molecule has 1 aliphatic rings. The van der Waals surface area contributed by atoms with E-state index in [1.54, 1.807) is 29.6 Å². The summed E-state index contributed by atoms with van der Waals surface area (Å²) in [4.78, 5) is 17.5. The van der Waals surface area contributed by atoms with Gasteiger partial charge in [-0.2, -0.15) is 0 Å². The molecular formula is C17H19NO3S2. The summed E-state index contributed by atoms with van der Waals surface area (Å²) in [6, 6.07) is 7.44. The van der Waals surface area contributed by atoms with E-state index in [4.69, 9.17) is 4.74 Å². The number of aliphatic imine (C=N–C) groups is 1. The highest BCUT2D eigenvalue weighted by Gasteiger charge is 2.30. The maximum Gasteiger partial charge on any atom is 0.341 e. The minimum atomic E-state index is -0.563. The van der Waals surface area contributed by atoms with Crippen LogP contribution in [0.15, 0.2) is 47.0 Å². The first-order chi connectivity index (χ1) is 10.9. The summed E-state index contributed by atoms with van der Waals surface area (Å²) in [7, 11) is 1.29. The Hall–Kier alpha value is -1.66. The lowest BCUT2D eigenvalue weighted by Gasteiger charge is -2.12. The first-order valence-corrected chi connectivity index (χ1v) is 8.80. The van der Waals surface area contributed by atoms with Gasteiger partial charge in [-0.05, 0) is 25.0 Å². The van der Waals surface area contributed by atoms with Gasteiger partial charge < -0.3 is 9.84 Å². The van der Waals surface area contributed by atoms with Crippen molar-refractivity contribution in [3.63, 3.8) is 0 Å². The molecule has 1 aromatic carbocycles. The second-order valence-electron chi connectivity index (χ2n) is 5.44. The van der Waals surface area contributed by atoms with Crippen molar-refractivity contribution in [2.24, 2.45) is 4.99 Å². The lowest BCUT2D eigenvalue weighted by Crippen LogP contribution is -2.12. The summed E-state index contributed by atoms with van der Waals surface area (Å²) in [6.07, 6.45) is 0.794. The fourth-order valence-corrected chi connectivity index (χ4v) is 4.31. The number of aliphatic hydroxyl groups is 1. The Labute approximate surface area is 144 Å². The summed E-state index contributed by atoms with van der Waals surface area (Å²) >= 11 is 3.18. The normalized spacial score (nSPS) is 17.1. The number of nitrogens with zero attached hydrogens (tertiary/aromatic N) is 1. The number of esters is 1. The SMILES string of the molecule is C=C1SC(SCc2ccccc2C(=CO)C(=O)OC)=NC1(C)C. The van der Waals surface area contributed by atoms with Crippen molar-refractivity contribution < 1.29 is 14.6 Å². The smallest absolute Gasteiger partial charge is 0.341 e. The van der Waals surface area contributed by atoms with Crippen molar-refractivity contribution >= 4 is 39.4 Å². The van der Waals surface area contributed by atoms with Crippen molar-refractivity contribution in [1.29, 1.82) is 0 Å². The third kappa shape index (κ3) is 4.00. The van der Waals surface area contributed by atoms with E-state index in [9.17, 15) is 9.90 Å². The van der Waals surface area contributed by atoms with Crippen LogP contribution in [0, 0.1) is 0 Å². The summed E-state index contributed by atoms with van der Waals surface area (Å²) < 4.78 is 5.68. The van der Waals surface area contributed by atoms with Gasteiger partial charge in [0, 0.05) is 10.7 Å². The van der Waals surface area contributed by atoms with E-state index in [-0.39, 0.29) is 11.1 Å². The molecule has 1 N–H and O–H groups in total. The molecule has 0 saturated heterocycles. The maximum atomic E-state index is 11.8. The number of ether oxygens (including phenoxy) is 1. The van der Waals surface area contributed by atoms with Gasteiger partial charge in [-0.15, -0.1) is 0 Å². The number of hydrogen-bond acceptors (Lipinski definition) is 6. The van der Waals surface area contributed by atoms with E-state index in [0.29, 0.717) is 11.3 Å². The summed E-state index contributed by atoms with van der Waals surface area (Å²) in [5.74, 6) is 0.0757. The molecule has 23 heavy (non-hydrogen) atoms. The van der Waals surface area contributed by atoms with Gasteiger partial charge in [0.1, 0.15) is 9.95 Å². The minimum Gasteiger partial charge on any atom is -0.515 e. The number of aliphatic hydroxyl groups excluding tert-OH is 1. The summed E-state index contributed by atoms with van der Waals surface area (Å²) in [5, 5.41) is 9.38. The van der Waals surface area contributed by atoms with Crippen LogP contribution in [-0.2, 0) is 15.3 Å². The number of thioether (sulfide) groups is 2. The molecule has 0 radical (unpaired) electrons. The predicted octanol–water partition coefficient (Wildman–Crippen LogP) is 4.39. The third-order valence-corrected chi connectivity index (χ3v) is 5.87. The zero-order valence-corrected chi connectivity index (χ0v) is 15.0. The zero-order valence-electron chi connectivity index (χ0n) is 13.3. The molecule has 0 aliphatic carbocycles. The van der Waals surface area contributed by atoms with E-state index in [2.05, 4.69) is 11.6 Å². The highest BCUT2D eigenvalue weighted by atomic mass is 32.2. The highest BCUT2D eigenvalue weighted by molar-refractivity contribution is 8.40. The maximum absolute atomic E-state index is 11.8. The van der Waals surface area contributed by atoms with Gasteiger partial charge in [0.15, 0.2) is 0 Å². The van der Waals surface area contributed by atoms with Crippen molar-refractivity contribution in [2.45, 2.75) is 25.1 Å². The van der Waals surface area contributed by atoms with Crippen molar-refractivity contribution in [3.8, 4) is 0 Å². The van der Waals surface area contributed by atoms with Crippen LogP contribution in [0.4, 0.5) is 0 Å². The minimum absolute atomic E-state index is 0.148. The van der Waals surface area contributed by atoms with Gasteiger partial charge in [0.25, 0.3) is 0 Å². The average Bonchev–Trinajstić information content (AvgIpc) is 2.79. The molecule has 0 amide bonds. The predicted molar refractivity (Wildman–Crippen MR) is 98.6 cm³/mol. The second-order valence-corrected chi connectivity index (χ2v) is 7.75. The molecule has 1 aromatic rings. The van der Waals surface area contributed by atoms with E-state index >= 15 is 0 Å². The molecule has 122 valence electrons. The van der Waals surface area contributed by atoms with E-state index in [0.717, 1.165) is 21.1 Å². The van der Waals surface area contributed by atoms with Gasteiger partial charge in [-0.25, -0.2) is 4.79 Å². The molecule has 4 nitrogen and oxygen atoms in total. The molecule has 1 aliphatic heterocycles. The fourth-order valence-electron chi connectivity index (χ4n) is 2.00. The molecule has 0 unspecified atom stereocenters. The molecule has 6 heteroatoms. The van der Waals surface area contributed by atoms with Crippen LogP contribution in [0.3, 0.4) is 0 Å². The van der Waals surface area contributed by atoms with E-state index < -0.39 is 5.97 Å². The number of rotatable bonds is 4. The Bertz CT molecular complexity index is 693. The van der Waals surface area contributed by atoms with Gasteiger partial charge in [-0.1, -0.05) is 54.4 Å². The molecule has 0 aromatic heterocycles. The molecule has 0 fully saturated rings. The lowest BCUT2D eigenvalue weighted by atomic mass is 10.0. The van der Waals surface area contributed by atoms with Gasteiger partial charge >= 0.3 is 5.97 Å². The van der Waals surface area contributed by atoms with Crippen LogP contribution in [0.5, 0.6) is 0 Å². The molecule has 0 saturated carbocycles. The quantitative estimate of drug-likeness (QED) is 0.496. The first kappa shape index (κ1) is 17.7. The number of benzene rings is 1. The summed E-state index contributed by atoms with van der Waals surface area (Å²) in [6.45, 7) is 8.11. The van der Waals surface area contributed by atoms with Gasteiger partial charge in [-0.3, -0.25) is 4.99 Å². The highest BCUT2D eigenvalue weighted by Crippen LogP contribution is 2.42. The van der Waals surface area contributed by atoms with Crippen LogP contribution >= 0.6 is 23.5 Å². The standard InChI is InChI=1S/C17H19NO3S2/c1-11-17(2,3)18-16(23-11)22-10-12-7-5-6-8-13(12)14(9-19)15(20)21-4/h5-9,19H,1,10H2,2-4H3. The van der Waals surface area contributed by atoms with Crippen LogP contribution in [-0.4, -0.2) is 28.1 Å². The average molecular weight is 349 g/mol. The Morgan fingerprint density at radius 2 is 2.17 bits per heavy atom. The first-order valence-electron chi connectivity index (χ1n) is 7.00.